The lowest BCUT2D eigenvalue weighted by Crippen LogP contribution is -2.12. The molecule has 16 heavy (non-hydrogen) atoms. The number of ether oxygens (including phenoxy) is 2. The summed E-state index contributed by atoms with van der Waals surface area (Å²) < 4.78 is 9.57. The molecule has 0 amide bonds. The highest BCUT2D eigenvalue weighted by Gasteiger charge is 2.16. The average molecular weight is 221 g/mol. The molecule has 0 bridgehead atoms. The second-order valence-corrected chi connectivity index (χ2v) is 3.45. The van der Waals surface area contributed by atoms with Gasteiger partial charge in [0.2, 0.25) is 5.90 Å². The quantitative estimate of drug-likeness (QED) is 0.472. The van der Waals surface area contributed by atoms with Gasteiger partial charge in [-0.1, -0.05) is 6.07 Å². The van der Waals surface area contributed by atoms with Gasteiger partial charge in [0.25, 0.3) is 0 Å². The molecule has 0 saturated heterocycles. The van der Waals surface area contributed by atoms with E-state index in [9.17, 15) is 4.79 Å². The normalized spacial score (nSPS) is 9.75. The van der Waals surface area contributed by atoms with Crippen molar-refractivity contribution < 1.29 is 14.3 Å². The van der Waals surface area contributed by atoms with E-state index in [2.05, 4.69) is 4.74 Å². The van der Waals surface area contributed by atoms with E-state index in [0.717, 1.165) is 5.56 Å². The summed E-state index contributed by atoms with van der Waals surface area (Å²) in [5.41, 5.74) is 2.71. The van der Waals surface area contributed by atoms with Crippen molar-refractivity contribution in [2.24, 2.45) is 0 Å². The molecule has 0 unspecified atom stereocenters. The predicted octanol–water partition coefficient (Wildman–Crippen LogP) is 2.06. The Labute approximate surface area is 94.7 Å². The summed E-state index contributed by atoms with van der Waals surface area (Å²) in [4.78, 5) is 11.5. The van der Waals surface area contributed by atoms with Crippen LogP contribution in [0.1, 0.15) is 27.0 Å². The SMILES string of the molecule is COC(=N)c1c(C)ccc(C(=O)OC)c1C. The van der Waals surface area contributed by atoms with E-state index >= 15 is 0 Å². The van der Waals surface area contributed by atoms with Gasteiger partial charge in [-0.3, -0.25) is 5.41 Å². The van der Waals surface area contributed by atoms with Gasteiger partial charge in [0.15, 0.2) is 0 Å². The van der Waals surface area contributed by atoms with Gasteiger partial charge < -0.3 is 9.47 Å². The van der Waals surface area contributed by atoms with Crippen molar-refractivity contribution in [3.8, 4) is 0 Å². The van der Waals surface area contributed by atoms with Crippen molar-refractivity contribution in [1.29, 1.82) is 5.41 Å². The first-order valence-corrected chi connectivity index (χ1v) is 4.84. The molecule has 0 atom stereocenters. The van der Waals surface area contributed by atoms with Gasteiger partial charge in [0.05, 0.1) is 19.8 Å². The summed E-state index contributed by atoms with van der Waals surface area (Å²) in [5.74, 6) is -0.344. The van der Waals surface area contributed by atoms with Crippen molar-refractivity contribution in [3.05, 3.63) is 34.4 Å². The highest BCUT2D eigenvalue weighted by molar-refractivity contribution is 5.99. The summed E-state index contributed by atoms with van der Waals surface area (Å²) in [5, 5.41) is 7.68. The first-order valence-electron chi connectivity index (χ1n) is 4.84. The molecular formula is C12H15NO3. The van der Waals surface area contributed by atoms with Gasteiger partial charge in [0, 0.05) is 5.56 Å². The Bertz CT molecular complexity index is 438. The fraction of sp³-hybridized carbons (Fsp3) is 0.333. The number of methoxy groups -OCH3 is 2. The lowest BCUT2D eigenvalue weighted by molar-refractivity contribution is 0.0600. The third-order valence-electron chi connectivity index (χ3n) is 2.51. The van der Waals surface area contributed by atoms with Crippen molar-refractivity contribution in [1.82, 2.24) is 0 Å². The first kappa shape index (κ1) is 12.2. The number of esters is 1. The molecule has 0 spiro atoms. The molecule has 1 aromatic carbocycles. The maximum atomic E-state index is 11.5. The fourth-order valence-corrected chi connectivity index (χ4v) is 1.63. The van der Waals surface area contributed by atoms with Crippen molar-refractivity contribution in [2.75, 3.05) is 14.2 Å². The molecule has 0 radical (unpaired) electrons. The van der Waals surface area contributed by atoms with Crippen molar-refractivity contribution in [2.45, 2.75) is 13.8 Å². The minimum absolute atomic E-state index is 0.0563. The Morgan fingerprint density at radius 1 is 1.19 bits per heavy atom. The topological polar surface area (TPSA) is 59.4 Å². The molecule has 0 saturated carbocycles. The first-order chi connectivity index (χ1) is 7.52. The van der Waals surface area contributed by atoms with E-state index in [0.29, 0.717) is 16.7 Å². The van der Waals surface area contributed by atoms with Gasteiger partial charge in [0.1, 0.15) is 0 Å². The van der Waals surface area contributed by atoms with Crippen LogP contribution < -0.4 is 0 Å². The maximum Gasteiger partial charge on any atom is 0.338 e. The summed E-state index contributed by atoms with van der Waals surface area (Å²) in [6, 6.07) is 3.48. The molecule has 4 heteroatoms. The van der Waals surface area contributed by atoms with Crippen LogP contribution in [0.4, 0.5) is 0 Å². The largest absolute Gasteiger partial charge is 0.481 e. The molecule has 4 nitrogen and oxygen atoms in total. The minimum atomic E-state index is -0.400. The van der Waals surface area contributed by atoms with Gasteiger partial charge >= 0.3 is 5.97 Å². The second-order valence-electron chi connectivity index (χ2n) is 3.45. The number of hydrogen-bond donors (Lipinski definition) is 1. The number of nitrogens with one attached hydrogen (secondary N) is 1. The highest BCUT2D eigenvalue weighted by atomic mass is 16.5. The highest BCUT2D eigenvalue weighted by Crippen LogP contribution is 2.19. The van der Waals surface area contributed by atoms with Crippen molar-refractivity contribution >= 4 is 11.9 Å². The van der Waals surface area contributed by atoms with Crippen LogP contribution in [0.2, 0.25) is 0 Å². The fourth-order valence-electron chi connectivity index (χ4n) is 1.63. The van der Waals surface area contributed by atoms with Crippen LogP contribution in [0.3, 0.4) is 0 Å². The van der Waals surface area contributed by atoms with Gasteiger partial charge in [-0.25, -0.2) is 4.79 Å². The van der Waals surface area contributed by atoms with E-state index in [-0.39, 0.29) is 5.90 Å². The monoisotopic (exact) mass is 221 g/mol. The molecule has 0 heterocycles. The number of carbonyl (C=O) groups is 1. The van der Waals surface area contributed by atoms with E-state index in [1.807, 2.05) is 6.92 Å². The standard InChI is InChI=1S/C12H15NO3/c1-7-5-6-9(12(14)16-4)8(2)10(7)11(13)15-3/h5-6,13H,1-4H3. The zero-order valence-electron chi connectivity index (χ0n) is 9.88. The molecular weight excluding hydrogens is 206 g/mol. The average Bonchev–Trinajstić information content (AvgIpc) is 2.28. The van der Waals surface area contributed by atoms with Crippen LogP contribution in [0.25, 0.3) is 0 Å². The van der Waals surface area contributed by atoms with Crippen LogP contribution in [0.5, 0.6) is 0 Å². The Balaban J connectivity index is 3.38. The van der Waals surface area contributed by atoms with Gasteiger partial charge in [-0.2, -0.15) is 0 Å². The Morgan fingerprint density at radius 2 is 1.81 bits per heavy atom. The summed E-state index contributed by atoms with van der Waals surface area (Å²) in [7, 11) is 2.77. The van der Waals surface area contributed by atoms with E-state index in [1.165, 1.54) is 14.2 Å². The molecule has 0 fully saturated rings. The number of carbonyl (C=O) groups excluding carboxylic acids is 1. The molecule has 1 aromatic rings. The maximum absolute atomic E-state index is 11.5. The third-order valence-corrected chi connectivity index (χ3v) is 2.51. The summed E-state index contributed by atoms with van der Waals surface area (Å²) in [6.07, 6.45) is 0. The van der Waals surface area contributed by atoms with E-state index < -0.39 is 5.97 Å². The molecule has 86 valence electrons. The summed E-state index contributed by atoms with van der Waals surface area (Å²) in [6.45, 7) is 3.65. The third kappa shape index (κ3) is 2.05. The molecule has 0 aliphatic heterocycles. The molecule has 1 rings (SSSR count). The lowest BCUT2D eigenvalue weighted by atomic mass is 9.97. The van der Waals surface area contributed by atoms with Crippen LogP contribution in [0, 0.1) is 19.3 Å². The molecule has 0 aromatic heterocycles. The van der Waals surface area contributed by atoms with Crippen LogP contribution in [-0.2, 0) is 9.47 Å². The van der Waals surface area contributed by atoms with Gasteiger partial charge in [-0.05, 0) is 31.0 Å². The number of rotatable bonds is 2. The lowest BCUT2D eigenvalue weighted by Gasteiger charge is -2.12. The van der Waals surface area contributed by atoms with Crippen LogP contribution in [-0.4, -0.2) is 26.1 Å². The Hall–Kier alpha value is -1.84. The van der Waals surface area contributed by atoms with E-state index in [4.69, 9.17) is 10.1 Å². The van der Waals surface area contributed by atoms with E-state index in [1.54, 1.807) is 19.1 Å². The number of benzene rings is 1. The predicted molar refractivity (Wildman–Crippen MR) is 61.1 cm³/mol. The zero-order valence-corrected chi connectivity index (χ0v) is 9.88. The zero-order chi connectivity index (χ0) is 12.3. The summed E-state index contributed by atoms with van der Waals surface area (Å²) >= 11 is 0. The number of aryl methyl sites for hydroxylation is 1. The molecule has 1 N–H and O–H groups in total. The van der Waals surface area contributed by atoms with Crippen molar-refractivity contribution in [3.63, 3.8) is 0 Å². The Morgan fingerprint density at radius 3 is 2.31 bits per heavy atom. The molecule has 0 aliphatic carbocycles. The number of hydrogen-bond acceptors (Lipinski definition) is 4. The van der Waals surface area contributed by atoms with Crippen LogP contribution >= 0.6 is 0 Å². The minimum Gasteiger partial charge on any atom is -0.481 e. The second kappa shape index (κ2) is 4.79. The smallest absolute Gasteiger partial charge is 0.338 e. The van der Waals surface area contributed by atoms with Gasteiger partial charge in [-0.15, -0.1) is 0 Å². The Kier molecular flexibility index (Phi) is 3.66. The molecule has 0 aliphatic rings. The van der Waals surface area contributed by atoms with Crippen LogP contribution in [0.15, 0.2) is 12.1 Å².